The van der Waals surface area contributed by atoms with E-state index in [9.17, 15) is 9.59 Å². The van der Waals surface area contributed by atoms with E-state index in [1.165, 1.54) is 0 Å². The first-order valence-corrected chi connectivity index (χ1v) is 13.2. The van der Waals surface area contributed by atoms with Crippen molar-refractivity contribution in [2.24, 2.45) is 0 Å². The van der Waals surface area contributed by atoms with Gasteiger partial charge in [-0.25, -0.2) is 0 Å². The second-order valence-electron chi connectivity index (χ2n) is 8.92. The summed E-state index contributed by atoms with van der Waals surface area (Å²) in [7, 11) is 0. The Morgan fingerprint density at radius 2 is 1.64 bits per heavy atom. The molecule has 2 amide bonds. The Hall–Kier alpha value is -2.83. The maximum Gasteiger partial charge on any atom is 0.261 e. The molecule has 0 saturated carbocycles. The van der Waals surface area contributed by atoms with Crippen LogP contribution in [0.1, 0.15) is 37.5 Å². The van der Waals surface area contributed by atoms with E-state index in [0.717, 1.165) is 27.6 Å². The van der Waals surface area contributed by atoms with E-state index in [1.54, 1.807) is 17.0 Å². The summed E-state index contributed by atoms with van der Waals surface area (Å²) in [6, 6.07) is 22.0. The highest BCUT2D eigenvalue weighted by atomic mass is 79.9. The molecule has 0 bridgehead atoms. The predicted molar refractivity (Wildman–Crippen MR) is 148 cm³/mol. The first kappa shape index (κ1) is 27.8. The van der Waals surface area contributed by atoms with E-state index >= 15 is 0 Å². The molecule has 0 fully saturated rings. The van der Waals surface area contributed by atoms with Crippen molar-refractivity contribution in [3.63, 3.8) is 0 Å². The molecular weight excluding hydrogens is 540 g/mol. The van der Waals surface area contributed by atoms with Gasteiger partial charge in [-0.1, -0.05) is 67.1 Å². The predicted octanol–water partition coefficient (Wildman–Crippen LogP) is 6.21. The van der Waals surface area contributed by atoms with Crippen molar-refractivity contribution in [3.05, 3.63) is 99.0 Å². The maximum atomic E-state index is 13.6. The van der Waals surface area contributed by atoms with Gasteiger partial charge in [-0.3, -0.25) is 9.59 Å². The number of nitrogens with zero attached hydrogens (tertiary/aromatic N) is 1. The van der Waals surface area contributed by atoms with Gasteiger partial charge in [0.25, 0.3) is 5.91 Å². The van der Waals surface area contributed by atoms with E-state index < -0.39 is 6.04 Å². The number of hydrogen-bond acceptors (Lipinski definition) is 3. The van der Waals surface area contributed by atoms with Crippen LogP contribution in [-0.4, -0.2) is 35.4 Å². The zero-order chi connectivity index (χ0) is 26.1. The number of hydrogen-bond donors (Lipinski definition) is 1. The standard InChI is InChI=1S/C29H32BrClN2O3/c1-4-21-12-15-27(25(30)16-21)36-19-28(34)33(18-23-10-13-24(31)14-11-23)26(29(35)32-20(2)3)17-22-8-6-5-7-9-22/h5-16,20,26H,4,17-19H2,1-3H3,(H,32,35)/t26-/m0/s1. The summed E-state index contributed by atoms with van der Waals surface area (Å²) in [5, 5.41) is 3.60. The van der Waals surface area contributed by atoms with Crippen molar-refractivity contribution in [3.8, 4) is 5.75 Å². The van der Waals surface area contributed by atoms with Gasteiger partial charge >= 0.3 is 0 Å². The SMILES string of the molecule is CCc1ccc(OCC(=O)N(Cc2ccc(Cl)cc2)[C@@H](Cc2ccccc2)C(=O)NC(C)C)c(Br)c1. The Bertz CT molecular complexity index is 1150. The van der Waals surface area contributed by atoms with Crippen LogP contribution in [0.2, 0.25) is 5.02 Å². The van der Waals surface area contributed by atoms with Crippen LogP contribution < -0.4 is 10.1 Å². The number of benzene rings is 3. The molecule has 1 atom stereocenters. The largest absolute Gasteiger partial charge is 0.483 e. The summed E-state index contributed by atoms with van der Waals surface area (Å²) in [6.07, 6.45) is 1.28. The molecule has 5 nitrogen and oxygen atoms in total. The summed E-state index contributed by atoms with van der Waals surface area (Å²) < 4.78 is 6.70. The minimum atomic E-state index is -0.715. The van der Waals surface area contributed by atoms with E-state index in [-0.39, 0.29) is 31.0 Å². The van der Waals surface area contributed by atoms with E-state index in [4.69, 9.17) is 16.3 Å². The summed E-state index contributed by atoms with van der Waals surface area (Å²) in [6.45, 7) is 5.94. The Morgan fingerprint density at radius 1 is 0.972 bits per heavy atom. The van der Waals surface area contributed by atoms with Gasteiger partial charge in [-0.15, -0.1) is 0 Å². The Labute approximate surface area is 226 Å². The average molecular weight is 572 g/mol. The van der Waals surface area contributed by atoms with Crippen molar-refractivity contribution in [2.75, 3.05) is 6.61 Å². The van der Waals surface area contributed by atoms with Crippen LogP contribution in [0.5, 0.6) is 5.75 Å². The quantitative estimate of drug-likeness (QED) is 0.298. The van der Waals surface area contributed by atoms with Crippen LogP contribution in [0.15, 0.2) is 77.3 Å². The number of ether oxygens (including phenoxy) is 1. The highest BCUT2D eigenvalue weighted by Crippen LogP contribution is 2.26. The molecule has 3 aromatic rings. The zero-order valence-corrected chi connectivity index (χ0v) is 23.2. The van der Waals surface area contributed by atoms with Gasteiger partial charge in [-0.2, -0.15) is 0 Å². The fraction of sp³-hybridized carbons (Fsp3) is 0.310. The second kappa shape index (κ2) is 13.5. The molecular formula is C29H32BrClN2O3. The first-order chi connectivity index (χ1) is 17.3. The number of nitrogens with one attached hydrogen (secondary N) is 1. The highest BCUT2D eigenvalue weighted by Gasteiger charge is 2.31. The third kappa shape index (κ3) is 8.10. The van der Waals surface area contributed by atoms with Gasteiger partial charge in [0.2, 0.25) is 5.91 Å². The molecule has 0 spiro atoms. The Balaban J connectivity index is 1.90. The minimum absolute atomic E-state index is 0.0625. The zero-order valence-electron chi connectivity index (χ0n) is 20.8. The number of carbonyl (C=O) groups excluding carboxylic acids is 2. The topological polar surface area (TPSA) is 58.6 Å². The van der Waals surface area contributed by atoms with Crippen molar-refractivity contribution in [1.29, 1.82) is 0 Å². The summed E-state index contributed by atoms with van der Waals surface area (Å²) in [5.41, 5.74) is 3.00. The molecule has 0 aliphatic heterocycles. The number of halogens is 2. The lowest BCUT2D eigenvalue weighted by atomic mass is 10.0. The molecule has 0 aliphatic carbocycles. The van der Waals surface area contributed by atoms with Gasteiger partial charge in [0.05, 0.1) is 4.47 Å². The summed E-state index contributed by atoms with van der Waals surface area (Å²) in [5.74, 6) is 0.0964. The number of amides is 2. The summed E-state index contributed by atoms with van der Waals surface area (Å²) in [4.78, 5) is 28.6. The smallest absolute Gasteiger partial charge is 0.261 e. The third-order valence-corrected chi connectivity index (χ3v) is 6.60. The van der Waals surface area contributed by atoms with Gasteiger partial charge in [0.1, 0.15) is 11.8 Å². The Kier molecular flexibility index (Phi) is 10.4. The maximum absolute atomic E-state index is 13.6. The average Bonchev–Trinajstić information content (AvgIpc) is 2.86. The van der Waals surface area contributed by atoms with Gasteiger partial charge in [-0.05, 0) is 77.2 Å². The fourth-order valence-corrected chi connectivity index (χ4v) is 4.49. The normalized spacial score (nSPS) is 11.7. The van der Waals surface area contributed by atoms with Crippen LogP contribution in [0.4, 0.5) is 0 Å². The minimum Gasteiger partial charge on any atom is -0.483 e. The molecule has 190 valence electrons. The van der Waals surface area contributed by atoms with Crippen molar-refractivity contribution >= 4 is 39.3 Å². The number of aryl methyl sites for hydroxylation is 1. The number of carbonyl (C=O) groups is 2. The van der Waals surface area contributed by atoms with E-state index in [0.29, 0.717) is 17.2 Å². The van der Waals surface area contributed by atoms with Crippen molar-refractivity contribution < 1.29 is 14.3 Å². The fourth-order valence-electron chi connectivity index (χ4n) is 3.82. The molecule has 3 aromatic carbocycles. The molecule has 36 heavy (non-hydrogen) atoms. The molecule has 0 saturated heterocycles. The van der Waals surface area contributed by atoms with Gasteiger partial charge < -0.3 is 15.0 Å². The molecule has 0 heterocycles. The van der Waals surface area contributed by atoms with Gasteiger partial charge in [0, 0.05) is 24.0 Å². The molecule has 0 radical (unpaired) electrons. The van der Waals surface area contributed by atoms with Gasteiger partial charge in [0.15, 0.2) is 6.61 Å². The van der Waals surface area contributed by atoms with E-state index in [1.807, 2.05) is 74.5 Å². The third-order valence-electron chi connectivity index (χ3n) is 5.72. The first-order valence-electron chi connectivity index (χ1n) is 12.1. The lowest BCUT2D eigenvalue weighted by Crippen LogP contribution is -2.52. The Morgan fingerprint density at radius 3 is 2.25 bits per heavy atom. The van der Waals surface area contributed by atoms with Crippen LogP contribution in [-0.2, 0) is 29.0 Å². The summed E-state index contributed by atoms with van der Waals surface area (Å²) >= 11 is 9.61. The monoisotopic (exact) mass is 570 g/mol. The molecule has 0 aromatic heterocycles. The van der Waals surface area contributed by atoms with Crippen molar-refractivity contribution in [2.45, 2.75) is 52.2 Å². The van der Waals surface area contributed by atoms with Crippen LogP contribution >= 0.6 is 27.5 Å². The highest BCUT2D eigenvalue weighted by molar-refractivity contribution is 9.10. The lowest BCUT2D eigenvalue weighted by Gasteiger charge is -2.32. The molecule has 0 unspecified atom stereocenters. The van der Waals surface area contributed by atoms with Crippen molar-refractivity contribution in [1.82, 2.24) is 10.2 Å². The number of rotatable bonds is 11. The van der Waals surface area contributed by atoms with Crippen LogP contribution in [0.25, 0.3) is 0 Å². The lowest BCUT2D eigenvalue weighted by molar-refractivity contribution is -0.143. The molecule has 0 aliphatic rings. The second-order valence-corrected chi connectivity index (χ2v) is 10.2. The van der Waals surface area contributed by atoms with E-state index in [2.05, 4.69) is 28.2 Å². The molecule has 7 heteroatoms. The van der Waals surface area contributed by atoms with Crippen LogP contribution in [0, 0.1) is 0 Å². The molecule has 1 N–H and O–H groups in total. The molecule has 3 rings (SSSR count). The van der Waals surface area contributed by atoms with Crippen LogP contribution in [0.3, 0.4) is 0 Å².